The molecule has 1 heteroatoms. The van der Waals surface area contributed by atoms with Gasteiger partial charge in [0.1, 0.15) is 0 Å². The predicted molar refractivity (Wildman–Crippen MR) is 39.1 cm³/mol. The fourth-order valence-electron chi connectivity index (χ4n) is 1.71. The molecule has 0 N–H and O–H groups in total. The molecular formula is C9H9N. The Kier molecular flexibility index (Phi) is 1.14. The smallest absolute Gasteiger partial charge is 0.0950 e. The molecule has 0 fully saturated rings. The highest BCUT2D eigenvalue weighted by molar-refractivity contribution is 5.35. The van der Waals surface area contributed by atoms with Gasteiger partial charge in [-0.3, -0.25) is 0 Å². The summed E-state index contributed by atoms with van der Waals surface area (Å²) in [6.45, 7) is 0. The molecule has 3 aliphatic carbocycles. The van der Waals surface area contributed by atoms with Crippen molar-refractivity contribution in [2.75, 3.05) is 0 Å². The first-order valence-corrected chi connectivity index (χ1v) is 3.70. The topological polar surface area (TPSA) is 23.8 Å². The number of hydrogen-bond acceptors (Lipinski definition) is 1. The predicted octanol–water partition coefficient (Wildman–Crippen LogP) is 2.03. The van der Waals surface area contributed by atoms with Gasteiger partial charge < -0.3 is 0 Å². The van der Waals surface area contributed by atoms with Gasteiger partial charge in [-0.2, -0.15) is 5.26 Å². The van der Waals surface area contributed by atoms with Gasteiger partial charge in [0.25, 0.3) is 0 Å². The Labute approximate surface area is 60.7 Å². The highest BCUT2D eigenvalue weighted by atomic mass is 14.3. The van der Waals surface area contributed by atoms with E-state index in [0.717, 1.165) is 5.57 Å². The maximum absolute atomic E-state index is 8.66. The van der Waals surface area contributed by atoms with Crippen molar-refractivity contribution < 1.29 is 0 Å². The molecule has 2 atom stereocenters. The fourth-order valence-corrected chi connectivity index (χ4v) is 1.71. The zero-order valence-corrected chi connectivity index (χ0v) is 5.75. The van der Waals surface area contributed by atoms with Crippen LogP contribution in [0, 0.1) is 23.2 Å². The molecule has 0 unspecified atom stereocenters. The van der Waals surface area contributed by atoms with E-state index in [-0.39, 0.29) is 0 Å². The number of hydrogen-bond donors (Lipinski definition) is 0. The summed E-state index contributed by atoms with van der Waals surface area (Å²) in [5, 5.41) is 8.66. The molecule has 2 bridgehead atoms. The molecule has 0 aromatic rings. The molecule has 0 aromatic carbocycles. The van der Waals surface area contributed by atoms with Gasteiger partial charge in [-0.1, -0.05) is 18.2 Å². The van der Waals surface area contributed by atoms with E-state index in [9.17, 15) is 0 Å². The minimum absolute atomic E-state index is 0.454. The second-order valence-electron chi connectivity index (χ2n) is 2.97. The minimum atomic E-state index is 0.454. The number of rotatable bonds is 0. The van der Waals surface area contributed by atoms with Gasteiger partial charge >= 0.3 is 0 Å². The second-order valence-corrected chi connectivity index (χ2v) is 2.97. The largest absolute Gasteiger partial charge is 0.193 e. The molecular weight excluding hydrogens is 122 g/mol. The molecule has 50 valence electrons. The van der Waals surface area contributed by atoms with Crippen molar-refractivity contribution in [1.82, 2.24) is 0 Å². The summed E-state index contributed by atoms with van der Waals surface area (Å²) in [6.07, 6.45) is 8.92. The van der Waals surface area contributed by atoms with Crippen LogP contribution < -0.4 is 0 Å². The Balaban J connectivity index is 2.35. The molecule has 3 rings (SSSR count). The third kappa shape index (κ3) is 0.690. The van der Waals surface area contributed by atoms with E-state index in [0.29, 0.717) is 11.8 Å². The van der Waals surface area contributed by atoms with Gasteiger partial charge in [-0.15, -0.1) is 0 Å². The Morgan fingerprint density at radius 3 is 2.60 bits per heavy atom. The first kappa shape index (κ1) is 5.73. The Morgan fingerprint density at radius 1 is 1.40 bits per heavy atom. The maximum atomic E-state index is 8.66. The molecule has 10 heavy (non-hydrogen) atoms. The van der Waals surface area contributed by atoms with Crippen LogP contribution in [-0.2, 0) is 0 Å². The zero-order chi connectivity index (χ0) is 6.97. The highest BCUT2D eigenvalue weighted by Crippen LogP contribution is 2.34. The van der Waals surface area contributed by atoms with Crippen molar-refractivity contribution in [2.45, 2.75) is 12.8 Å². The fraction of sp³-hybridized carbons (Fsp3) is 0.444. The molecule has 0 saturated heterocycles. The van der Waals surface area contributed by atoms with Crippen LogP contribution >= 0.6 is 0 Å². The van der Waals surface area contributed by atoms with Crippen molar-refractivity contribution >= 4 is 0 Å². The summed E-state index contributed by atoms with van der Waals surface area (Å²) in [6, 6.07) is 2.25. The first-order valence-electron chi connectivity index (χ1n) is 3.70. The van der Waals surface area contributed by atoms with Crippen molar-refractivity contribution in [3.63, 3.8) is 0 Å². The van der Waals surface area contributed by atoms with Gasteiger partial charge in [0, 0.05) is 11.5 Å². The van der Waals surface area contributed by atoms with Crippen LogP contribution in [0.2, 0.25) is 0 Å². The molecule has 0 radical (unpaired) electrons. The van der Waals surface area contributed by atoms with Crippen molar-refractivity contribution in [3.05, 3.63) is 23.8 Å². The van der Waals surface area contributed by atoms with Gasteiger partial charge in [0.2, 0.25) is 0 Å². The van der Waals surface area contributed by atoms with Gasteiger partial charge in [0.05, 0.1) is 6.07 Å². The SMILES string of the molecule is N#CC1=C[C@@H]2C=C[C@H]1CC2. The Bertz CT molecular complexity index is 242. The molecule has 0 heterocycles. The number of allylic oxidation sites excluding steroid dienone is 4. The van der Waals surface area contributed by atoms with E-state index in [1.165, 1.54) is 12.8 Å². The quantitative estimate of drug-likeness (QED) is 0.461. The van der Waals surface area contributed by atoms with Crippen LogP contribution in [0.25, 0.3) is 0 Å². The van der Waals surface area contributed by atoms with Crippen molar-refractivity contribution in [3.8, 4) is 6.07 Å². The molecule has 1 nitrogen and oxygen atoms in total. The maximum Gasteiger partial charge on any atom is 0.0950 e. The summed E-state index contributed by atoms with van der Waals surface area (Å²) < 4.78 is 0. The van der Waals surface area contributed by atoms with Crippen LogP contribution in [0.1, 0.15) is 12.8 Å². The minimum Gasteiger partial charge on any atom is -0.193 e. The van der Waals surface area contributed by atoms with Crippen molar-refractivity contribution in [2.24, 2.45) is 11.8 Å². The summed E-state index contributed by atoms with van der Waals surface area (Å²) in [7, 11) is 0. The first-order chi connectivity index (χ1) is 4.90. The van der Waals surface area contributed by atoms with E-state index in [1.54, 1.807) is 0 Å². The van der Waals surface area contributed by atoms with Crippen LogP contribution in [0.4, 0.5) is 0 Å². The lowest BCUT2D eigenvalue weighted by molar-refractivity contribution is 0.515. The Hall–Kier alpha value is -1.03. The van der Waals surface area contributed by atoms with Crippen LogP contribution in [0.15, 0.2) is 23.8 Å². The lowest BCUT2D eigenvalue weighted by atomic mass is 9.77. The average molecular weight is 131 g/mol. The van der Waals surface area contributed by atoms with E-state index in [4.69, 9.17) is 5.26 Å². The third-order valence-corrected chi connectivity index (χ3v) is 2.32. The molecule has 0 aliphatic heterocycles. The molecule has 0 spiro atoms. The Morgan fingerprint density at radius 2 is 2.30 bits per heavy atom. The lowest BCUT2D eigenvalue weighted by Gasteiger charge is -2.26. The summed E-state index contributed by atoms with van der Waals surface area (Å²) in [5.74, 6) is 1.02. The molecule has 0 aromatic heterocycles. The van der Waals surface area contributed by atoms with E-state index in [2.05, 4.69) is 24.3 Å². The van der Waals surface area contributed by atoms with E-state index >= 15 is 0 Å². The van der Waals surface area contributed by atoms with Gasteiger partial charge in [-0.25, -0.2) is 0 Å². The molecule has 0 saturated carbocycles. The highest BCUT2D eigenvalue weighted by Gasteiger charge is 2.23. The van der Waals surface area contributed by atoms with Crippen LogP contribution in [0.5, 0.6) is 0 Å². The van der Waals surface area contributed by atoms with E-state index < -0.39 is 0 Å². The number of nitriles is 1. The second kappa shape index (κ2) is 1.98. The summed E-state index contributed by atoms with van der Waals surface area (Å²) in [5.41, 5.74) is 0.985. The monoisotopic (exact) mass is 131 g/mol. The average Bonchev–Trinajstić information content (AvgIpc) is 2.06. The van der Waals surface area contributed by atoms with Gasteiger partial charge in [0.15, 0.2) is 0 Å². The standard InChI is InChI=1S/C9H9N/c10-6-9-5-7-1-3-8(9)4-2-7/h1,3,5,7-8H,2,4H2/t7-,8+/m1/s1. The third-order valence-electron chi connectivity index (χ3n) is 2.32. The zero-order valence-electron chi connectivity index (χ0n) is 5.75. The normalized spacial score (nSPS) is 35.3. The van der Waals surface area contributed by atoms with Crippen LogP contribution in [0.3, 0.4) is 0 Å². The number of fused-ring (bicyclic) bond motifs is 1. The summed E-state index contributed by atoms with van der Waals surface area (Å²) in [4.78, 5) is 0. The molecule has 3 aliphatic rings. The van der Waals surface area contributed by atoms with E-state index in [1.807, 2.05) is 0 Å². The summed E-state index contributed by atoms with van der Waals surface area (Å²) >= 11 is 0. The number of nitrogens with zero attached hydrogens (tertiary/aromatic N) is 1. The molecule has 0 amide bonds. The van der Waals surface area contributed by atoms with Gasteiger partial charge in [-0.05, 0) is 18.8 Å². The van der Waals surface area contributed by atoms with Crippen molar-refractivity contribution in [1.29, 1.82) is 5.26 Å². The van der Waals surface area contributed by atoms with Crippen LogP contribution in [-0.4, -0.2) is 0 Å². The lowest BCUT2D eigenvalue weighted by Crippen LogP contribution is -2.15.